The second-order valence-electron chi connectivity index (χ2n) is 6.81. The van der Waals surface area contributed by atoms with Crippen LogP contribution in [0.4, 0.5) is 0 Å². The van der Waals surface area contributed by atoms with Crippen molar-refractivity contribution in [3.63, 3.8) is 0 Å². The summed E-state index contributed by atoms with van der Waals surface area (Å²) in [7, 11) is 0. The van der Waals surface area contributed by atoms with E-state index in [2.05, 4.69) is 9.97 Å². The highest BCUT2D eigenvalue weighted by molar-refractivity contribution is 6.00. The molecule has 3 aromatic carbocycles. The van der Waals surface area contributed by atoms with Gasteiger partial charge in [0.15, 0.2) is 0 Å². The average molecular weight is 369 g/mol. The van der Waals surface area contributed by atoms with E-state index in [4.69, 9.17) is 5.73 Å². The molecule has 6 nitrogen and oxygen atoms in total. The number of nitrogens with two attached hydrogens (primary N) is 1. The van der Waals surface area contributed by atoms with E-state index in [0.29, 0.717) is 11.3 Å². The summed E-state index contributed by atoms with van der Waals surface area (Å²) in [5, 5.41) is 9.20. The first-order valence-electron chi connectivity index (χ1n) is 8.79. The number of hydrogen-bond acceptors (Lipinski definition) is 3. The van der Waals surface area contributed by atoms with Crippen LogP contribution in [-0.2, 0) is 4.79 Å². The molecule has 5 rings (SSSR count). The van der Waals surface area contributed by atoms with Crippen molar-refractivity contribution in [2.75, 3.05) is 0 Å². The number of imidazole rings is 1. The summed E-state index contributed by atoms with van der Waals surface area (Å²) in [4.78, 5) is 31.3. The van der Waals surface area contributed by atoms with Gasteiger partial charge in [-0.1, -0.05) is 42.5 Å². The normalized spacial score (nSPS) is 14.6. The first-order chi connectivity index (χ1) is 13.5. The lowest BCUT2D eigenvalue weighted by Gasteiger charge is -2.09. The number of benzene rings is 3. The van der Waals surface area contributed by atoms with Crippen molar-refractivity contribution in [2.24, 2.45) is 5.73 Å². The topological polar surface area (TPSA) is 109 Å². The van der Waals surface area contributed by atoms with Gasteiger partial charge < -0.3 is 15.8 Å². The van der Waals surface area contributed by atoms with Crippen LogP contribution in [0.15, 0.2) is 60.7 Å². The number of H-pyrrole nitrogens is 1. The first-order valence-corrected chi connectivity index (χ1v) is 8.79. The van der Waals surface area contributed by atoms with Crippen molar-refractivity contribution < 1.29 is 14.7 Å². The number of fused-ring (bicyclic) bond motifs is 4. The Morgan fingerprint density at radius 2 is 1.71 bits per heavy atom. The number of primary amides is 1. The molecule has 0 spiro atoms. The van der Waals surface area contributed by atoms with E-state index in [1.54, 1.807) is 18.2 Å². The number of aromatic amines is 1. The highest BCUT2D eigenvalue weighted by atomic mass is 16.4. The predicted octanol–water partition coefficient (Wildman–Crippen LogP) is 3.53. The lowest BCUT2D eigenvalue weighted by molar-refractivity contribution is -0.118. The van der Waals surface area contributed by atoms with Gasteiger partial charge in [0, 0.05) is 5.56 Å². The highest BCUT2D eigenvalue weighted by Crippen LogP contribution is 2.48. The van der Waals surface area contributed by atoms with E-state index >= 15 is 0 Å². The molecule has 0 bridgehead atoms. The number of carboxylic acids is 1. The zero-order valence-electron chi connectivity index (χ0n) is 14.6. The predicted molar refractivity (Wildman–Crippen MR) is 105 cm³/mol. The van der Waals surface area contributed by atoms with Gasteiger partial charge in [0.05, 0.1) is 22.5 Å². The number of carboxylic acid groups (broad SMARTS) is 1. The number of carbonyl (C=O) groups excluding carboxylic acids is 1. The van der Waals surface area contributed by atoms with Gasteiger partial charge in [-0.3, -0.25) is 4.79 Å². The molecule has 0 fully saturated rings. The number of nitrogens with one attached hydrogen (secondary N) is 1. The van der Waals surface area contributed by atoms with E-state index < -0.39 is 11.9 Å². The van der Waals surface area contributed by atoms with E-state index in [1.807, 2.05) is 42.5 Å². The van der Waals surface area contributed by atoms with Crippen LogP contribution in [0.1, 0.15) is 27.4 Å². The molecule has 4 aromatic rings. The first kappa shape index (κ1) is 16.3. The maximum Gasteiger partial charge on any atom is 0.335 e. The summed E-state index contributed by atoms with van der Waals surface area (Å²) in [6.07, 6.45) is 0. The van der Waals surface area contributed by atoms with E-state index in [-0.39, 0.29) is 11.5 Å². The number of aromatic carboxylic acids is 1. The smallest absolute Gasteiger partial charge is 0.335 e. The molecule has 1 heterocycles. The molecule has 1 aliphatic rings. The summed E-state index contributed by atoms with van der Waals surface area (Å²) in [5.41, 5.74) is 11.7. The van der Waals surface area contributed by atoms with Gasteiger partial charge in [0.25, 0.3) is 0 Å². The highest BCUT2D eigenvalue weighted by Gasteiger charge is 2.34. The summed E-state index contributed by atoms with van der Waals surface area (Å²) in [6, 6.07) is 18.3. The Morgan fingerprint density at radius 1 is 0.964 bits per heavy atom. The molecule has 136 valence electrons. The minimum atomic E-state index is -0.995. The summed E-state index contributed by atoms with van der Waals surface area (Å²) < 4.78 is 0. The number of aromatic nitrogens is 2. The van der Waals surface area contributed by atoms with Crippen LogP contribution < -0.4 is 5.73 Å². The molecule has 0 radical (unpaired) electrons. The molecule has 0 unspecified atom stereocenters. The fourth-order valence-electron chi connectivity index (χ4n) is 4.03. The second-order valence-corrected chi connectivity index (χ2v) is 6.81. The molecule has 0 aliphatic heterocycles. The van der Waals surface area contributed by atoms with Crippen molar-refractivity contribution in [1.29, 1.82) is 0 Å². The van der Waals surface area contributed by atoms with Crippen LogP contribution in [0.5, 0.6) is 0 Å². The van der Waals surface area contributed by atoms with Crippen LogP contribution in [0.3, 0.4) is 0 Å². The van der Waals surface area contributed by atoms with E-state index in [1.165, 1.54) is 0 Å². The van der Waals surface area contributed by atoms with Gasteiger partial charge in [0.2, 0.25) is 5.91 Å². The number of hydrogen-bond donors (Lipinski definition) is 3. The van der Waals surface area contributed by atoms with E-state index in [9.17, 15) is 14.7 Å². The van der Waals surface area contributed by atoms with E-state index in [0.717, 1.165) is 33.3 Å². The van der Waals surface area contributed by atoms with Gasteiger partial charge in [0.1, 0.15) is 5.82 Å². The van der Waals surface area contributed by atoms with Crippen molar-refractivity contribution in [2.45, 2.75) is 5.92 Å². The maximum atomic E-state index is 12.2. The summed E-state index contributed by atoms with van der Waals surface area (Å²) >= 11 is 0. The fraction of sp³-hybridized carbons (Fsp3) is 0.0455. The third kappa shape index (κ3) is 2.24. The largest absolute Gasteiger partial charge is 0.478 e. The zero-order chi connectivity index (χ0) is 19.4. The van der Waals surface area contributed by atoms with Gasteiger partial charge in [-0.2, -0.15) is 0 Å². The minimum absolute atomic E-state index is 0.183. The Morgan fingerprint density at radius 3 is 2.50 bits per heavy atom. The lowest BCUT2D eigenvalue weighted by Crippen LogP contribution is -2.20. The van der Waals surface area contributed by atoms with Gasteiger partial charge in [-0.05, 0) is 40.5 Å². The number of carbonyl (C=O) groups is 2. The molecular formula is C22H15N3O3. The molecule has 6 heteroatoms. The maximum absolute atomic E-state index is 12.2. The Kier molecular flexibility index (Phi) is 3.36. The molecule has 0 saturated heterocycles. The van der Waals surface area contributed by atoms with Crippen LogP contribution in [0, 0.1) is 0 Å². The summed E-state index contributed by atoms with van der Waals surface area (Å²) in [5.74, 6) is -1.26. The van der Waals surface area contributed by atoms with Gasteiger partial charge in [-0.25, -0.2) is 9.78 Å². The molecule has 4 N–H and O–H groups in total. The van der Waals surface area contributed by atoms with Crippen LogP contribution in [0.2, 0.25) is 0 Å². The number of nitrogens with zero attached hydrogens (tertiary/aromatic N) is 1. The third-order valence-electron chi connectivity index (χ3n) is 5.22. The van der Waals surface area contributed by atoms with Gasteiger partial charge >= 0.3 is 5.97 Å². The monoisotopic (exact) mass is 369 g/mol. The van der Waals surface area contributed by atoms with Crippen LogP contribution in [0.25, 0.3) is 33.5 Å². The molecule has 1 atom stereocenters. The van der Waals surface area contributed by atoms with Crippen molar-refractivity contribution in [3.05, 3.63) is 77.4 Å². The molecular weight excluding hydrogens is 354 g/mol. The van der Waals surface area contributed by atoms with Crippen molar-refractivity contribution in [3.8, 4) is 22.5 Å². The Balaban J connectivity index is 1.75. The van der Waals surface area contributed by atoms with Gasteiger partial charge in [-0.15, -0.1) is 0 Å². The Labute approximate surface area is 159 Å². The Bertz CT molecular complexity index is 1290. The zero-order valence-corrected chi connectivity index (χ0v) is 14.6. The third-order valence-corrected chi connectivity index (χ3v) is 5.22. The van der Waals surface area contributed by atoms with Crippen LogP contribution >= 0.6 is 0 Å². The van der Waals surface area contributed by atoms with Crippen molar-refractivity contribution >= 4 is 22.9 Å². The standard InChI is InChI=1S/C22H15N3O3/c23-20(26)19-13-5-2-1-4-12(13)18-14(19)6-3-7-15(18)21-24-16-9-8-11(22(27)28)10-17(16)25-21/h1-10,19H,(H2,23,26)(H,24,25)(H,27,28)/t19-/m1/s1. The Hall–Kier alpha value is -3.93. The SMILES string of the molecule is NC(=O)[C@@H]1c2ccccc2-c2c(-c3nc4cc(C(=O)O)ccc4[nH]3)cccc21. The lowest BCUT2D eigenvalue weighted by atomic mass is 9.95. The summed E-state index contributed by atoms with van der Waals surface area (Å²) in [6.45, 7) is 0. The number of amides is 1. The molecule has 28 heavy (non-hydrogen) atoms. The molecule has 0 saturated carbocycles. The second kappa shape index (κ2) is 5.79. The minimum Gasteiger partial charge on any atom is -0.478 e. The average Bonchev–Trinajstić information content (AvgIpc) is 3.26. The number of rotatable bonds is 3. The molecule has 1 amide bonds. The fourth-order valence-corrected chi connectivity index (χ4v) is 4.03. The van der Waals surface area contributed by atoms with Crippen molar-refractivity contribution in [1.82, 2.24) is 9.97 Å². The quantitative estimate of drug-likeness (QED) is 0.513. The molecule has 1 aromatic heterocycles. The molecule has 1 aliphatic carbocycles. The van der Waals surface area contributed by atoms with Crippen LogP contribution in [-0.4, -0.2) is 27.0 Å².